The quantitative estimate of drug-likeness (QED) is 0.740. The molecule has 2 N–H and O–H groups in total. The molecule has 0 radical (unpaired) electrons. The molecule has 0 amide bonds. The number of piperidine rings is 2. The molecular weight excluding hydrogens is 286 g/mol. The standard InChI is InChI=1S/C15H31N3O2S/c1-14(18-10-3-2-4-11-18)13-17-21(19,20)12-7-15-5-8-16-9-6-15/h14-17H,2-13H2,1H3. The molecule has 2 aliphatic heterocycles. The van der Waals surface area contributed by atoms with Crippen LogP contribution in [0.3, 0.4) is 0 Å². The third-order valence-corrected chi connectivity index (χ3v) is 6.25. The summed E-state index contributed by atoms with van der Waals surface area (Å²) in [6.45, 7) is 6.96. The zero-order valence-electron chi connectivity index (χ0n) is 13.3. The Labute approximate surface area is 129 Å². The van der Waals surface area contributed by atoms with Crippen LogP contribution in [0, 0.1) is 5.92 Å². The van der Waals surface area contributed by atoms with E-state index in [1.54, 1.807) is 0 Å². The topological polar surface area (TPSA) is 61.4 Å². The highest BCUT2D eigenvalue weighted by Crippen LogP contribution is 2.16. The van der Waals surface area contributed by atoms with Crippen LogP contribution in [0.15, 0.2) is 0 Å². The zero-order valence-corrected chi connectivity index (χ0v) is 14.1. The lowest BCUT2D eigenvalue weighted by atomic mass is 9.96. The van der Waals surface area contributed by atoms with E-state index in [9.17, 15) is 8.42 Å². The van der Waals surface area contributed by atoms with Gasteiger partial charge in [-0.15, -0.1) is 0 Å². The molecule has 5 nitrogen and oxygen atoms in total. The average Bonchev–Trinajstić information content (AvgIpc) is 2.53. The highest BCUT2D eigenvalue weighted by Gasteiger charge is 2.20. The SMILES string of the molecule is CC(CNS(=O)(=O)CCC1CCNCC1)N1CCCCC1. The van der Waals surface area contributed by atoms with E-state index in [1.807, 2.05) is 0 Å². The fourth-order valence-electron chi connectivity index (χ4n) is 3.30. The van der Waals surface area contributed by atoms with Crippen molar-refractivity contribution in [2.24, 2.45) is 5.92 Å². The van der Waals surface area contributed by atoms with Gasteiger partial charge >= 0.3 is 0 Å². The predicted molar refractivity (Wildman–Crippen MR) is 86.9 cm³/mol. The molecule has 2 fully saturated rings. The van der Waals surface area contributed by atoms with Crippen molar-refractivity contribution in [1.82, 2.24) is 14.9 Å². The molecule has 6 heteroatoms. The first kappa shape index (κ1) is 17.2. The van der Waals surface area contributed by atoms with Crippen LogP contribution < -0.4 is 10.0 Å². The van der Waals surface area contributed by atoms with E-state index in [0.29, 0.717) is 18.5 Å². The first-order valence-corrected chi connectivity index (χ1v) is 10.1. The lowest BCUT2D eigenvalue weighted by molar-refractivity contribution is 0.175. The zero-order chi connectivity index (χ0) is 15.1. The fourth-order valence-corrected chi connectivity index (χ4v) is 4.58. The molecule has 1 atom stereocenters. The van der Waals surface area contributed by atoms with Gasteiger partial charge in [0, 0.05) is 12.6 Å². The van der Waals surface area contributed by atoms with E-state index < -0.39 is 10.0 Å². The molecule has 124 valence electrons. The molecular formula is C15H31N3O2S. The maximum Gasteiger partial charge on any atom is 0.211 e. The van der Waals surface area contributed by atoms with Gasteiger partial charge in [-0.3, -0.25) is 4.90 Å². The number of rotatable bonds is 7. The summed E-state index contributed by atoms with van der Waals surface area (Å²) in [6, 6.07) is 0.305. The first-order chi connectivity index (χ1) is 10.1. The van der Waals surface area contributed by atoms with Crippen LogP contribution in [0.2, 0.25) is 0 Å². The molecule has 0 saturated carbocycles. The third kappa shape index (κ3) is 6.22. The Kier molecular flexibility index (Phi) is 6.92. The normalized spacial score (nSPS) is 24.0. The van der Waals surface area contributed by atoms with Gasteiger partial charge in [-0.1, -0.05) is 6.42 Å². The van der Waals surface area contributed by atoms with E-state index >= 15 is 0 Å². The minimum Gasteiger partial charge on any atom is -0.317 e. The van der Waals surface area contributed by atoms with Crippen molar-refractivity contribution in [2.75, 3.05) is 38.5 Å². The maximum absolute atomic E-state index is 12.1. The molecule has 2 aliphatic rings. The van der Waals surface area contributed by atoms with Crippen molar-refractivity contribution in [3.05, 3.63) is 0 Å². The number of hydrogen-bond donors (Lipinski definition) is 2. The number of sulfonamides is 1. The fraction of sp³-hybridized carbons (Fsp3) is 1.00. The second kappa shape index (κ2) is 8.46. The van der Waals surface area contributed by atoms with Crippen molar-refractivity contribution in [2.45, 2.75) is 51.5 Å². The summed E-state index contributed by atoms with van der Waals surface area (Å²) in [7, 11) is -3.11. The molecule has 2 saturated heterocycles. The van der Waals surface area contributed by atoms with Crippen molar-refractivity contribution < 1.29 is 8.42 Å². The molecule has 0 aromatic heterocycles. The van der Waals surface area contributed by atoms with Gasteiger partial charge in [-0.05, 0) is 71.1 Å². The van der Waals surface area contributed by atoms with Crippen molar-refractivity contribution >= 4 is 10.0 Å². The van der Waals surface area contributed by atoms with Gasteiger partial charge in [-0.2, -0.15) is 0 Å². The van der Waals surface area contributed by atoms with Crippen molar-refractivity contribution in [3.8, 4) is 0 Å². The minimum atomic E-state index is -3.11. The van der Waals surface area contributed by atoms with Crippen LogP contribution in [-0.2, 0) is 10.0 Å². The van der Waals surface area contributed by atoms with Crippen LogP contribution in [0.4, 0.5) is 0 Å². The van der Waals surface area contributed by atoms with Gasteiger partial charge in [0.2, 0.25) is 10.0 Å². The highest BCUT2D eigenvalue weighted by atomic mass is 32.2. The minimum absolute atomic E-state index is 0.282. The van der Waals surface area contributed by atoms with Gasteiger partial charge in [0.1, 0.15) is 0 Å². The van der Waals surface area contributed by atoms with Crippen LogP contribution in [0.1, 0.15) is 45.4 Å². The van der Waals surface area contributed by atoms with Gasteiger partial charge < -0.3 is 5.32 Å². The Bertz CT molecular complexity index is 388. The Balaban J connectivity index is 1.67. The molecule has 0 aliphatic carbocycles. The number of likely N-dealkylation sites (tertiary alicyclic amines) is 1. The summed E-state index contributed by atoms with van der Waals surface area (Å²) in [4.78, 5) is 2.40. The Morgan fingerprint density at radius 3 is 2.52 bits per heavy atom. The van der Waals surface area contributed by atoms with Crippen LogP contribution >= 0.6 is 0 Å². The smallest absolute Gasteiger partial charge is 0.211 e. The van der Waals surface area contributed by atoms with E-state index in [-0.39, 0.29) is 5.75 Å². The lowest BCUT2D eigenvalue weighted by Gasteiger charge is -2.32. The molecule has 2 rings (SSSR count). The van der Waals surface area contributed by atoms with Crippen LogP contribution in [0.5, 0.6) is 0 Å². The van der Waals surface area contributed by atoms with Gasteiger partial charge in [0.05, 0.1) is 5.75 Å². The molecule has 0 aromatic carbocycles. The van der Waals surface area contributed by atoms with Crippen LogP contribution in [0.25, 0.3) is 0 Å². The number of nitrogens with one attached hydrogen (secondary N) is 2. The Morgan fingerprint density at radius 1 is 1.19 bits per heavy atom. The van der Waals surface area contributed by atoms with E-state index in [0.717, 1.165) is 45.4 Å². The molecule has 0 bridgehead atoms. The predicted octanol–water partition coefficient (Wildman–Crippen LogP) is 1.17. The van der Waals surface area contributed by atoms with Gasteiger partial charge in [-0.25, -0.2) is 13.1 Å². The average molecular weight is 317 g/mol. The second-order valence-electron chi connectivity index (χ2n) is 6.60. The molecule has 0 aromatic rings. The van der Waals surface area contributed by atoms with E-state index in [1.165, 1.54) is 19.3 Å². The summed E-state index contributed by atoms with van der Waals surface area (Å²) in [6.07, 6.45) is 6.82. The number of hydrogen-bond acceptors (Lipinski definition) is 4. The Morgan fingerprint density at radius 2 is 1.86 bits per heavy atom. The lowest BCUT2D eigenvalue weighted by Crippen LogP contribution is -2.45. The summed E-state index contributed by atoms with van der Waals surface area (Å²) in [5.74, 6) is 0.854. The monoisotopic (exact) mass is 317 g/mol. The van der Waals surface area contributed by atoms with E-state index in [2.05, 4.69) is 21.9 Å². The summed E-state index contributed by atoms with van der Waals surface area (Å²) >= 11 is 0. The molecule has 21 heavy (non-hydrogen) atoms. The maximum atomic E-state index is 12.1. The Hall–Kier alpha value is -0.170. The van der Waals surface area contributed by atoms with Crippen LogP contribution in [-0.4, -0.2) is 57.8 Å². The van der Waals surface area contributed by atoms with Crippen molar-refractivity contribution in [3.63, 3.8) is 0 Å². The molecule has 1 unspecified atom stereocenters. The largest absolute Gasteiger partial charge is 0.317 e. The van der Waals surface area contributed by atoms with Crippen molar-refractivity contribution in [1.29, 1.82) is 0 Å². The molecule has 2 heterocycles. The molecule has 0 spiro atoms. The summed E-state index contributed by atoms with van der Waals surface area (Å²) < 4.78 is 27.0. The van der Waals surface area contributed by atoms with Gasteiger partial charge in [0.25, 0.3) is 0 Å². The van der Waals surface area contributed by atoms with Gasteiger partial charge in [0.15, 0.2) is 0 Å². The van der Waals surface area contributed by atoms with E-state index in [4.69, 9.17) is 0 Å². The first-order valence-electron chi connectivity index (χ1n) is 8.49. The third-order valence-electron chi connectivity index (χ3n) is 4.87. The number of nitrogens with zero attached hydrogens (tertiary/aromatic N) is 1. The summed E-state index contributed by atoms with van der Waals surface area (Å²) in [5.41, 5.74) is 0. The second-order valence-corrected chi connectivity index (χ2v) is 8.52. The highest BCUT2D eigenvalue weighted by molar-refractivity contribution is 7.89. The summed E-state index contributed by atoms with van der Waals surface area (Å²) in [5, 5.41) is 3.32.